The van der Waals surface area contributed by atoms with Crippen molar-refractivity contribution in [2.45, 2.75) is 46.1 Å². The highest BCUT2D eigenvalue weighted by Gasteiger charge is 2.31. The van der Waals surface area contributed by atoms with Crippen molar-refractivity contribution in [3.8, 4) is 0 Å². The minimum Gasteiger partial charge on any atom is -0.423 e. The Morgan fingerprint density at radius 2 is 1.74 bits per heavy atom. The number of nitrogens with one attached hydrogen (secondary N) is 1. The van der Waals surface area contributed by atoms with Crippen molar-refractivity contribution in [2.75, 3.05) is 36.4 Å². The molecule has 1 unspecified atom stereocenters. The van der Waals surface area contributed by atoms with Crippen molar-refractivity contribution in [3.05, 3.63) is 71.7 Å². The number of aromatic nitrogens is 2. The second-order valence-corrected chi connectivity index (χ2v) is 8.89. The molecule has 186 valence electrons. The Morgan fingerprint density at radius 1 is 1.03 bits per heavy atom. The maximum Gasteiger partial charge on any atom is 0.238 e. The van der Waals surface area contributed by atoms with E-state index in [1.54, 1.807) is 12.1 Å². The summed E-state index contributed by atoms with van der Waals surface area (Å²) in [5.41, 5.74) is 2.14. The summed E-state index contributed by atoms with van der Waals surface area (Å²) >= 11 is 0. The number of aryl methyl sites for hydroxylation is 1. The average molecular weight is 480 g/mol. The van der Waals surface area contributed by atoms with Crippen LogP contribution in [-0.4, -0.2) is 47.2 Å². The Kier molecular flexibility index (Phi) is 8.13. The molecule has 0 spiro atoms. The van der Waals surface area contributed by atoms with Gasteiger partial charge in [0.25, 0.3) is 0 Å². The van der Waals surface area contributed by atoms with Gasteiger partial charge in [-0.15, -0.1) is 10.2 Å². The van der Waals surface area contributed by atoms with Crippen molar-refractivity contribution >= 4 is 17.3 Å². The van der Waals surface area contributed by atoms with Crippen LogP contribution in [0.15, 0.2) is 52.9 Å². The van der Waals surface area contributed by atoms with Gasteiger partial charge in [0.2, 0.25) is 17.7 Å². The molecule has 0 bridgehead atoms. The van der Waals surface area contributed by atoms with Crippen LogP contribution in [0.5, 0.6) is 0 Å². The van der Waals surface area contributed by atoms with E-state index in [9.17, 15) is 4.79 Å². The molecule has 0 radical (unpaired) electrons. The molecule has 1 aromatic heterocycles. The van der Waals surface area contributed by atoms with E-state index in [4.69, 9.17) is 4.42 Å². The van der Waals surface area contributed by atoms with E-state index in [2.05, 4.69) is 32.5 Å². The molecule has 7 nitrogen and oxygen atoms in total. The summed E-state index contributed by atoms with van der Waals surface area (Å²) in [6, 6.07) is 15.0. The molecule has 1 atom stereocenters. The summed E-state index contributed by atoms with van der Waals surface area (Å²) in [7, 11) is 0. The third-order valence-corrected chi connectivity index (χ3v) is 6.73. The Morgan fingerprint density at radius 3 is 2.34 bits per heavy atom. The van der Waals surface area contributed by atoms with Crippen molar-refractivity contribution < 1.29 is 13.6 Å². The second kappa shape index (κ2) is 11.4. The van der Waals surface area contributed by atoms with Gasteiger partial charge in [0.1, 0.15) is 11.9 Å². The molecule has 35 heavy (non-hydrogen) atoms. The van der Waals surface area contributed by atoms with Gasteiger partial charge in [0, 0.05) is 44.2 Å². The van der Waals surface area contributed by atoms with Crippen molar-refractivity contribution in [2.24, 2.45) is 5.92 Å². The highest BCUT2D eigenvalue weighted by molar-refractivity contribution is 5.92. The standard InChI is InChI=1S/C27H34FN5O2/c1-4-19(5-2)26(34)29-21-12-13-23(22(28)18-21)32-14-16-33(17-15-32)25(20-10-8-7-9-11-20)27-31-30-24(6-3)35-27/h7-13,18-19,25H,4-6,14-17H2,1-3H3,(H,29,34). The summed E-state index contributed by atoms with van der Waals surface area (Å²) in [5.74, 6) is 0.763. The van der Waals surface area contributed by atoms with E-state index in [1.165, 1.54) is 6.07 Å². The highest BCUT2D eigenvalue weighted by Crippen LogP contribution is 2.31. The summed E-state index contributed by atoms with van der Waals surface area (Å²) < 4.78 is 21.0. The number of nitrogens with zero attached hydrogens (tertiary/aromatic N) is 4. The van der Waals surface area contributed by atoms with Crippen molar-refractivity contribution in [1.29, 1.82) is 0 Å². The zero-order chi connectivity index (χ0) is 24.8. The largest absolute Gasteiger partial charge is 0.423 e. The smallest absolute Gasteiger partial charge is 0.238 e. The first-order valence-electron chi connectivity index (χ1n) is 12.5. The average Bonchev–Trinajstić information content (AvgIpc) is 3.35. The van der Waals surface area contributed by atoms with E-state index in [-0.39, 0.29) is 23.7 Å². The molecule has 0 aliphatic carbocycles. The van der Waals surface area contributed by atoms with Gasteiger partial charge in [0.15, 0.2) is 0 Å². The zero-order valence-corrected chi connectivity index (χ0v) is 20.7. The number of hydrogen-bond donors (Lipinski definition) is 1. The van der Waals surface area contributed by atoms with Crippen LogP contribution < -0.4 is 10.2 Å². The lowest BCUT2D eigenvalue weighted by Gasteiger charge is -2.39. The first-order valence-corrected chi connectivity index (χ1v) is 12.5. The minimum atomic E-state index is -0.329. The van der Waals surface area contributed by atoms with Crippen LogP contribution in [0.1, 0.15) is 57.0 Å². The van der Waals surface area contributed by atoms with Crippen LogP contribution in [-0.2, 0) is 11.2 Å². The maximum atomic E-state index is 15.0. The van der Waals surface area contributed by atoms with Gasteiger partial charge in [-0.25, -0.2) is 4.39 Å². The number of anilines is 2. The molecule has 1 aliphatic heterocycles. The van der Waals surface area contributed by atoms with Gasteiger partial charge in [0.05, 0.1) is 5.69 Å². The predicted molar refractivity (Wildman–Crippen MR) is 135 cm³/mol. The lowest BCUT2D eigenvalue weighted by atomic mass is 10.0. The third kappa shape index (κ3) is 5.70. The summed E-state index contributed by atoms with van der Waals surface area (Å²) in [6.07, 6.45) is 2.22. The SMILES string of the molecule is CCc1nnc(C(c2ccccc2)N2CCN(c3ccc(NC(=O)C(CC)CC)cc3F)CC2)o1. The molecule has 2 aromatic carbocycles. The number of halogens is 1. The fourth-order valence-electron chi connectivity index (χ4n) is 4.63. The Labute approximate surface area is 206 Å². The van der Waals surface area contributed by atoms with Crippen LogP contribution in [0.3, 0.4) is 0 Å². The van der Waals surface area contributed by atoms with Crippen LogP contribution in [0.2, 0.25) is 0 Å². The fraction of sp³-hybridized carbons (Fsp3) is 0.444. The number of rotatable bonds is 9. The van der Waals surface area contributed by atoms with Crippen LogP contribution in [0, 0.1) is 11.7 Å². The number of piperazine rings is 1. The molecule has 0 saturated carbocycles. The Balaban J connectivity index is 1.45. The number of amides is 1. The second-order valence-electron chi connectivity index (χ2n) is 8.89. The van der Waals surface area contributed by atoms with Gasteiger partial charge in [-0.2, -0.15) is 0 Å². The first-order chi connectivity index (χ1) is 17.0. The maximum absolute atomic E-state index is 15.0. The van der Waals surface area contributed by atoms with Crippen molar-refractivity contribution in [1.82, 2.24) is 15.1 Å². The minimum absolute atomic E-state index is 0.0596. The fourth-order valence-corrected chi connectivity index (χ4v) is 4.63. The molecule has 1 aliphatic rings. The van der Waals surface area contributed by atoms with Gasteiger partial charge >= 0.3 is 0 Å². The van der Waals surface area contributed by atoms with E-state index >= 15 is 4.39 Å². The molecule has 2 heterocycles. The lowest BCUT2D eigenvalue weighted by molar-refractivity contribution is -0.120. The normalized spacial score (nSPS) is 15.4. The third-order valence-electron chi connectivity index (χ3n) is 6.73. The zero-order valence-electron chi connectivity index (χ0n) is 20.7. The summed E-state index contributed by atoms with van der Waals surface area (Å²) in [6.45, 7) is 8.72. The van der Waals surface area contributed by atoms with Crippen molar-refractivity contribution in [3.63, 3.8) is 0 Å². The lowest BCUT2D eigenvalue weighted by Crippen LogP contribution is -2.48. The summed E-state index contributed by atoms with van der Waals surface area (Å²) in [4.78, 5) is 16.7. The number of benzene rings is 2. The van der Waals surface area contributed by atoms with E-state index < -0.39 is 0 Å². The van der Waals surface area contributed by atoms with Gasteiger partial charge < -0.3 is 14.6 Å². The van der Waals surface area contributed by atoms with Gasteiger partial charge in [-0.3, -0.25) is 9.69 Å². The first kappa shape index (κ1) is 24.9. The summed E-state index contributed by atoms with van der Waals surface area (Å²) in [5, 5.41) is 11.3. The molecular weight excluding hydrogens is 445 g/mol. The number of hydrogen-bond acceptors (Lipinski definition) is 6. The highest BCUT2D eigenvalue weighted by atomic mass is 19.1. The van der Waals surface area contributed by atoms with Gasteiger partial charge in [-0.1, -0.05) is 51.1 Å². The molecule has 1 saturated heterocycles. The van der Waals surface area contributed by atoms with Gasteiger partial charge in [-0.05, 0) is 36.6 Å². The predicted octanol–water partition coefficient (Wildman–Crippen LogP) is 5.06. The molecule has 3 aromatic rings. The van der Waals surface area contributed by atoms with E-state index in [1.807, 2.05) is 43.9 Å². The monoisotopic (exact) mass is 479 g/mol. The topological polar surface area (TPSA) is 74.5 Å². The quantitative estimate of drug-likeness (QED) is 0.463. The van der Waals surface area contributed by atoms with Crippen LogP contribution in [0.4, 0.5) is 15.8 Å². The number of carbonyl (C=O) groups is 1. The molecular formula is C27H34FN5O2. The Bertz CT molecular complexity index is 1110. The molecule has 1 amide bonds. The molecule has 4 rings (SSSR count). The number of carbonyl (C=O) groups excluding carboxylic acids is 1. The molecule has 1 fully saturated rings. The van der Waals surface area contributed by atoms with Crippen LogP contribution >= 0.6 is 0 Å². The van der Waals surface area contributed by atoms with E-state index in [0.29, 0.717) is 42.7 Å². The molecule has 8 heteroatoms. The Hall–Kier alpha value is -3.26. The van der Waals surface area contributed by atoms with Crippen LogP contribution in [0.25, 0.3) is 0 Å². The molecule has 1 N–H and O–H groups in total. The van der Waals surface area contributed by atoms with E-state index in [0.717, 1.165) is 31.5 Å².